The summed E-state index contributed by atoms with van der Waals surface area (Å²) in [6.07, 6.45) is 0.944. The van der Waals surface area contributed by atoms with Crippen LogP contribution < -0.4 is 16.4 Å². The van der Waals surface area contributed by atoms with Gasteiger partial charge in [-0.25, -0.2) is 4.79 Å². The molecule has 6 heteroatoms. The van der Waals surface area contributed by atoms with Gasteiger partial charge in [-0.3, -0.25) is 4.79 Å². The van der Waals surface area contributed by atoms with Gasteiger partial charge in [-0.15, -0.1) is 0 Å². The maximum Gasteiger partial charge on any atom is 0.407 e. The topological polar surface area (TPSA) is 93.4 Å². The Hall–Kier alpha value is -1.30. The molecule has 1 aliphatic rings. The molecule has 0 aromatic carbocycles. The Morgan fingerprint density at radius 2 is 1.94 bits per heavy atom. The summed E-state index contributed by atoms with van der Waals surface area (Å²) in [5.41, 5.74) is 5.21. The van der Waals surface area contributed by atoms with Crippen LogP contribution in [0.5, 0.6) is 0 Å². The molecule has 4 N–H and O–H groups in total. The maximum atomic E-state index is 11.8. The number of amides is 2. The fourth-order valence-electron chi connectivity index (χ4n) is 1.30. The van der Waals surface area contributed by atoms with Gasteiger partial charge in [0, 0.05) is 0 Å². The summed E-state index contributed by atoms with van der Waals surface area (Å²) >= 11 is 0. The summed E-state index contributed by atoms with van der Waals surface area (Å²) in [7, 11) is 1.26. The van der Waals surface area contributed by atoms with Crippen molar-refractivity contribution in [2.24, 2.45) is 11.7 Å². The van der Waals surface area contributed by atoms with E-state index in [0.717, 1.165) is 12.8 Å². The van der Waals surface area contributed by atoms with Gasteiger partial charge >= 0.3 is 6.09 Å². The number of methoxy groups -OCH3 is 1. The minimum absolute atomic E-state index is 0.0264. The van der Waals surface area contributed by atoms with Gasteiger partial charge < -0.3 is 21.1 Å². The molecule has 0 aliphatic heterocycles. The van der Waals surface area contributed by atoms with Crippen molar-refractivity contribution in [2.45, 2.75) is 38.4 Å². The zero-order valence-corrected chi connectivity index (χ0v) is 9.87. The molecule has 2 amide bonds. The predicted molar refractivity (Wildman–Crippen MR) is 58.5 cm³/mol. The molecule has 0 spiro atoms. The quantitative estimate of drug-likeness (QED) is 0.588. The van der Waals surface area contributed by atoms with Crippen LogP contribution in [0.3, 0.4) is 0 Å². The first-order chi connectivity index (χ1) is 7.38. The second kappa shape index (κ2) is 4.69. The summed E-state index contributed by atoms with van der Waals surface area (Å²) in [6, 6.07) is -0.617. The number of carbonyl (C=O) groups excluding carboxylic acids is 2. The molecule has 0 radical (unpaired) electrons. The third-order valence-electron chi connectivity index (χ3n) is 2.57. The highest BCUT2D eigenvalue weighted by atomic mass is 16.5. The van der Waals surface area contributed by atoms with Gasteiger partial charge in [0.2, 0.25) is 5.91 Å². The molecule has 1 atom stereocenters. The lowest BCUT2D eigenvalue weighted by molar-refractivity contribution is -0.125. The third-order valence-corrected chi connectivity index (χ3v) is 2.57. The second-order valence-electron chi connectivity index (χ2n) is 4.50. The van der Waals surface area contributed by atoms with Gasteiger partial charge in [0.1, 0.15) is 6.04 Å². The molecule has 0 bridgehead atoms. The van der Waals surface area contributed by atoms with Gasteiger partial charge in [-0.2, -0.15) is 0 Å². The van der Waals surface area contributed by atoms with E-state index >= 15 is 0 Å². The van der Waals surface area contributed by atoms with E-state index in [9.17, 15) is 9.59 Å². The molecule has 92 valence electrons. The fraction of sp³-hybridized carbons (Fsp3) is 0.800. The van der Waals surface area contributed by atoms with Crippen LogP contribution in [0.1, 0.15) is 26.7 Å². The molecule has 0 saturated heterocycles. The van der Waals surface area contributed by atoms with Crippen molar-refractivity contribution in [1.82, 2.24) is 10.6 Å². The average molecular weight is 229 g/mol. The molecular formula is C10H19N3O3. The maximum absolute atomic E-state index is 11.8. The molecular weight excluding hydrogens is 210 g/mol. The van der Waals surface area contributed by atoms with Crippen molar-refractivity contribution < 1.29 is 14.3 Å². The molecule has 1 aliphatic carbocycles. The minimum atomic E-state index is -0.617. The minimum Gasteiger partial charge on any atom is -0.453 e. The van der Waals surface area contributed by atoms with E-state index in [1.165, 1.54) is 7.11 Å². The lowest BCUT2D eigenvalue weighted by Crippen LogP contribution is -2.55. The Labute approximate surface area is 94.9 Å². The Balaban J connectivity index is 2.55. The summed E-state index contributed by atoms with van der Waals surface area (Å²) in [5.74, 6) is -0.290. The van der Waals surface area contributed by atoms with E-state index in [1.54, 1.807) is 0 Å². The van der Waals surface area contributed by atoms with Crippen LogP contribution in [0, 0.1) is 5.92 Å². The SMILES string of the molecule is COC(=O)NC(C(=O)NC1(N)CC1)C(C)C. The van der Waals surface area contributed by atoms with Crippen molar-refractivity contribution >= 4 is 12.0 Å². The van der Waals surface area contributed by atoms with Crippen LogP contribution in [0.15, 0.2) is 0 Å². The van der Waals surface area contributed by atoms with Gasteiger partial charge in [-0.05, 0) is 18.8 Å². The first-order valence-electron chi connectivity index (χ1n) is 5.33. The Morgan fingerprint density at radius 3 is 2.31 bits per heavy atom. The van der Waals surface area contributed by atoms with Crippen LogP contribution >= 0.6 is 0 Å². The fourth-order valence-corrected chi connectivity index (χ4v) is 1.30. The smallest absolute Gasteiger partial charge is 0.407 e. The lowest BCUT2D eigenvalue weighted by Gasteiger charge is -2.23. The van der Waals surface area contributed by atoms with Crippen LogP contribution in [0.4, 0.5) is 4.79 Å². The number of rotatable bonds is 4. The summed E-state index contributed by atoms with van der Waals surface area (Å²) in [5, 5.41) is 5.20. The van der Waals surface area contributed by atoms with Crippen molar-refractivity contribution in [1.29, 1.82) is 0 Å². The number of alkyl carbamates (subject to hydrolysis) is 1. The highest BCUT2D eigenvalue weighted by Gasteiger charge is 2.41. The van der Waals surface area contributed by atoms with E-state index in [-0.39, 0.29) is 11.8 Å². The molecule has 1 unspecified atom stereocenters. The number of hydrogen-bond acceptors (Lipinski definition) is 4. The van der Waals surface area contributed by atoms with Gasteiger partial charge in [0.25, 0.3) is 0 Å². The molecule has 1 saturated carbocycles. The van der Waals surface area contributed by atoms with Gasteiger partial charge in [0.05, 0.1) is 12.8 Å². The highest BCUT2D eigenvalue weighted by molar-refractivity contribution is 5.86. The first-order valence-corrected chi connectivity index (χ1v) is 5.33. The zero-order chi connectivity index (χ0) is 12.3. The highest BCUT2D eigenvalue weighted by Crippen LogP contribution is 2.28. The van der Waals surface area contributed by atoms with E-state index in [0.29, 0.717) is 0 Å². The van der Waals surface area contributed by atoms with Crippen molar-refractivity contribution in [3.05, 3.63) is 0 Å². The van der Waals surface area contributed by atoms with Crippen molar-refractivity contribution in [3.63, 3.8) is 0 Å². The monoisotopic (exact) mass is 229 g/mol. The summed E-state index contributed by atoms with van der Waals surface area (Å²) in [6.45, 7) is 3.69. The third kappa shape index (κ3) is 3.37. The molecule has 0 heterocycles. The Morgan fingerprint density at radius 1 is 1.38 bits per heavy atom. The molecule has 16 heavy (non-hydrogen) atoms. The van der Waals surface area contributed by atoms with Crippen LogP contribution in [-0.2, 0) is 9.53 Å². The molecule has 1 fully saturated rings. The molecule has 0 aromatic heterocycles. The number of hydrogen-bond donors (Lipinski definition) is 3. The zero-order valence-electron chi connectivity index (χ0n) is 9.87. The molecule has 1 rings (SSSR count). The number of ether oxygens (including phenoxy) is 1. The van der Waals surface area contributed by atoms with Crippen LogP contribution in [0.25, 0.3) is 0 Å². The molecule has 0 aromatic rings. The number of nitrogens with two attached hydrogens (primary N) is 1. The standard InChI is InChI=1S/C10H19N3O3/c1-6(2)7(12-9(15)16-3)8(14)13-10(11)4-5-10/h6-7H,4-5,11H2,1-3H3,(H,12,15)(H,13,14). The Bertz CT molecular complexity index is 287. The summed E-state index contributed by atoms with van der Waals surface area (Å²) < 4.78 is 4.47. The van der Waals surface area contributed by atoms with Crippen LogP contribution in [0.2, 0.25) is 0 Å². The largest absolute Gasteiger partial charge is 0.453 e. The van der Waals surface area contributed by atoms with Crippen molar-refractivity contribution in [2.75, 3.05) is 7.11 Å². The van der Waals surface area contributed by atoms with Gasteiger partial charge in [0.15, 0.2) is 0 Å². The van der Waals surface area contributed by atoms with Gasteiger partial charge in [-0.1, -0.05) is 13.8 Å². The number of carbonyl (C=O) groups is 2. The van der Waals surface area contributed by atoms with E-state index in [2.05, 4.69) is 15.4 Å². The number of nitrogens with one attached hydrogen (secondary N) is 2. The first kappa shape index (κ1) is 12.8. The lowest BCUT2D eigenvalue weighted by atomic mass is 10.0. The normalized spacial score (nSPS) is 18.8. The van der Waals surface area contributed by atoms with E-state index in [4.69, 9.17) is 5.73 Å². The summed E-state index contributed by atoms with van der Waals surface area (Å²) in [4.78, 5) is 22.9. The molecule has 6 nitrogen and oxygen atoms in total. The second-order valence-corrected chi connectivity index (χ2v) is 4.50. The Kier molecular flexibility index (Phi) is 3.74. The van der Waals surface area contributed by atoms with E-state index in [1.807, 2.05) is 13.8 Å². The average Bonchev–Trinajstić information content (AvgIpc) is 2.91. The predicted octanol–water partition coefficient (Wildman–Crippen LogP) is -0.0680. The van der Waals surface area contributed by atoms with Crippen molar-refractivity contribution in [3.8, 4) is 0 Å². The van der Waals surface area contributed by atoms with Crippen LogP contribution in [-0.4, -0.2) is 30.8 Å². The van der Waals surface area contributed by atoms with E-state index < -0.39 is 17.8 Å².